The molecule has 0 unspecified atom stereocenters. The first-order chi connectivity index (χ1) is 12.2. The standard InChI is InChI=1S/C18H20N4O3S/c1-12-10-17(22-13(2)16(12)11-19)14-4-6-15(7-5-14)18(23)20-8-9-21-26(3,24)25/h4-7,10,21H,8-9H2,1-3H3,(H,20,23). The maximum atomic E-state index is 12.1. The van der Waals surface area contributed by atoms with Crippen molar-refractivity contribution in [1.29, 1.82) is 5.26 Å². The third kappa shape index (κ3) is 5.12. The van der Waals surface area contributed by atoms with E-state index >= 15 is 0 Å². The number of hydrogen-bond acceptors (Lipinski definition) is 5. The second-order valence-corrected chi connectivity index (χ2v) is 7.73. The highest BCUT2D eigenvalue weighted by Gasteiger charge is 2.10. The van der Waals surface area contributed by atoms with Crippen LogP contribution in [-0.4, -0.2) is 38.7 Å². The minimum absolute atomic E-state index is 0.135. The Bertz CT molecular complexity index is 938. The lowest BCUT2D eigenvalue weighted by Crippen LogP contribution is -2.34. The van der Waals surface area contributed by atoms with Crippen molar-refractivity contribution in [2.24, 2.45) is 0 Å². The van der Waals surface area contributed by atoms with E-state index < -0.39 is 10.0 Å². The molecule has 2 rings (SSSR count). The molecule has 0 saturated heterocycles. The molecule has 1 heterocycles. The van der Waals surface area contributed by atoms with Gasteiger partial charge in [0, 0.05) is 24.2 Å². The fraction of sp³-hybridized carbons (Fsp3) is 0.278. The minimum Gasteiger partial charge on any atom is -0.351 e. The quantitative estimate of drug-likeness (QED) is 0.747. The highest BCUT2D eigenvalue weighted by molar-refractivity contribution is 7.88. The number of amides is 1. The molecular weight excluding hydrogens is 352 g/mol. The zero-order valence-corrected chi connectivity index (χ0v) is 15.6. The van der Waals surface area contributed by atoms with Gasteiger partial charge in [-0.1, -0.05) is 12.1 Å². The van der Waals surface area contributed by atoms with E-state index in [4.69, 9.17) is 5.26 Å². The SMILES string of the molecule is Cc1cc(-c2ccc(C(=O)NCCNS(C)(=O)=O)cc2)nc(C)c1C#N. The molecular formula is C18H20N4O3S. The molecule has 0 saturated carbocycles. The second kappa shape index (κ2) is 8.08. The van der Waals surface area contributed by atoms with E-state index in [1.807, 2.05) is 13.0 Å². The summed E-state index contributed by atoms with van der Waals surface area (Å²) in [7, 11) is -3.26. The van der Waals surface area contributed by atoms with Gasteiger partial charge in [0.25, 0.3) is 5.91 Å². The van der Waals surface area contributed by atoms with E-state index in [0.717, 1.165) is 23.1 Å². The van der Waals surface area contributed by atoms with E-state index in [9.17, 15) is 13.2 Å². The van der Waals surface area contributed by atoms with Crippen molar-refractivity contribution >= 4 is 15.9 Å². The van der Waals surface area contributed by atoms with Crippen LogP contribution in [0.25, 0.3) is 11.3 Å². The number of aryl methyl sites for hydroxylation is 2. The Balaban J connectivity index is 2.06. The number of sulfonamides is 1. The van der Waals surface area contributed by atoms with Crippen molar-refractivity contribution < 1.29 is 13.2 Å². The van der Waals surface area contributed by atoms with Crippen molar-refractivity contribution in [1.82, 2.24) is 15.0 Å². The van der Waals surface area contributed by atoms with Gasteiger partial charge in [0.2, 0.25) is 10.0 Å². The highest BCUT2D eigenvalue weighted by atomic mass is 32.2. The summed E-state index contributed by atoms with van der Waals surface area (Å²) in [6, 6.07) is 10.9. The summed E-state index contributed by atoms with van der Waals surface area (Å²) in [5.41, 5.74) is 4.15. The first-order valence-electron chi connectivity index (χ1n) is 7.93. The fourth-order valence-corrected chi connectivity index (χ4v) is 2.93. The molecule has 0 atom stereocenters. The molecule has 0 aliphatic heterocycles. The molecule has 136 valence electrons. The number of nitriles is 1. The lowest BCUT2D eigenvalue weighted by Gasteiger charge is -2.08. The molecule has 0 spiro atoms. The Morgan fingerprint density at radius 3 is 2.38 bits per heavy atom. The molecule has 0 aliphatic rings. The molecule has 2 N–H and O–H groups in total. The summed E-state index contributed by atoms with van der Waals surface area (Å²) in [5, 5.41) is 11.8. The van der Waals surface area contributed by atoms with Crippen molar-refractivity contribution in [2.75, 3.05) is 19.3 Å². The number of carbonyl (C=O) groups excluding carboxylic acids is 1. The minimum atomic E-state index is -3.26. The summed E-state index contributed by atoms with van der Waals surface area (Å²) in [4.78, 5) is 16.5. The van der Waals surface area contributed by atoms with Crippen LogP contribution in [0.4, 0.5) is 0 Å². The van der Waals surface area contributed by atoms with Gasteiger partial charge >= 0.3 is 0 Å². The normalized spacial score (nSPS) is 11.0. The van der Waals surface area contributed by atoms with Crippen molar-refractivity contribution in [3.8, 4) is 17.3 Å². The molecule has 0 radical (unpaired) electrons. The van der Waals surface area contributed by atoms with Gasteiger partial charge in [0.05, 0.1) is 23.2 Å². The van der Waals surface area contributed by atoms with E-state index in [1.165, 1.54) is 0 Å². The second-order valence-electron chi connectivity index (χ2n) is 5.90. The lowest BCUT2D eigenvalue weighted by atomic mass is 10.0. The first kappa shape index (κ1) is 19.6. The van der Waals surface area contributed by atoms with Crippen LogP contribution in [0.1, 0.15) is 27.2 Å². The van der Waals surface area contributed by atoms with Crippen LogP contribution in [0.15, 0.2) is 30.3 Å². The van der Waals surface area contributed by atoms with Crippen molar-refractivity contribution in [3.05, 3.63) is 52.7 Å². The zero-order valence-electron chi connectivity index (χ0n) is 14.8. The van der Waals surface area contributed by atoms with Crippen LogP contribution in [0.3, 0.4) is 0 Å². The number of nitrogens with one attached hydrogen (secondary N) is 2. The van der Waals surface area contributed by atoms with Crippen LogP contribution in [0.2, 0.25) is 0 Å². The Labute approximate surface area is 153 Å². The number of carbonyl (C=O) groups is 1. The number of aromatic nitrogens is 1. The Morgan fingerprint density at radius 2 is 1.85 bits per heavy atom. The molecule has 0 aliphatic carbocycles. The Hall–Kier alpha value is -2.76. The van der Waals surface area contributed by atoms with Gasteiger partial charge in [0.15, 0.2) is 0 Å². The molecule has 1 aromatic carbocycles. The number of pyridine rings is 1. The predicted octanol–water partition coefficient (Wildman–Crippen LogP) is 1.52. The third-order valence-electron chi connectivity index (χ3n) is 3.73. The van der Waals surface area contributed by atoms with Gasteiger partial charge in [-0.25, -0.2) is 13.1 Å². The van der Waals surface area contributed by atoms with Crippen molar-refractivity contribution in [3.63, 3.8) is 0 Å². The van der Waals surface area contributed by atoms with Crippen LogP contribution in [-0.2, 0) is 10.0 Å². The Morgan fingerprint density at radius 1 is 1.19 bits per heavy atom. The molecule has 1 aromatic heterocycles. The molecule has 2 aromatic rings. The van der Waals surface area contributed by atoms with Gasteiger partial charge in [0.1, 0.15) is 6.07 Å². The molecule has 0 bridgehead atoms. The average molecular weight is 372 g/mol. The summed E-state index contributed by atoms with van der Waals surface area (Å²) in [6.45, 7) is 3.99. The molecule has 0 fully saturated rings. The average Bonchev–Trinajstić information content (AvgIpc) is 2.57. The van der Waals surface area contributed by atoms with Gasteiger partial charge < -0.3 is 5.32 Å². The summed E-state index contributed by atoms with van der Waals surface area (Å²) < 4.78 is 24.2. The van der Waals surface area contributed by atoms with E-state index in [-0.39, 0.29) is 19.0 Å². The maximum Gasteiger partial charge on any atom is 0.251 e. The van der Waals surface area contributed by atoms with E-state index in [0.29, 0.717) is 16.8 Å². The smallest absolute Gasteiger partial charge is 0.251 e. The van der Waals surface area contributed by atoms with Crippen LogP contribution >= 0.6 is 0 Å². The topological polar surface area (TPSA) is 112 Å². The van der Waals surface area contributed by atoms with Gasteiger partial charge in [-0.2, -0.15) is 5.26 Å². The number of nitrogens with zero attached hydrogens (tertiary/aromatic N) is 2. The summed E-state index contributed by atoms with van der Waals surface area (Å²) in [5.74, 6) is -0.285. The zero-order chi connectivity index (χ0) is 19.3. The maximum absolute atomic E-state index is 12.1. The largest absolute Gasteiger partial charge is 0.351 e. The van der Waals surface area contributed by atoms with Gasteiger partial charge in [-0.3, -0.25) is 9.78 Å². The molecule has 8 heteroatoms. The predicted molar refractivity (Wildman–Crippen MR) is 99.0 cm³/mol. The van der Waals surface area contributed by atoms with Crippen LogP contribution in [0.5, 0.6) is 0 Å². The monoisotopic (exact) mass is 372 g/mol. The molecule has 7 nitrogen and oxygen atoms in total. The van der Waals surface area contributed by atoms with E-state index in [1.54, 1.807) is 31.2 Å². The first-order valence-corrected chi connectivity index (χ1v) is 9.82. The summed E-state index contributed by atoms with van der Waals surface area (Å²) in [6.07, 6.45) is 1.06. The van der Waals surface area contributed by atoms with Crippen LogP contribution in [0, 0.1) is 25.2 Å². The van der Waals surface area contributed by atoms with Crippen molar-refractivity contribution in [2.45, 2.75) is 13.8 Å². The molecule has 1 amide bonds. The highest BCUT2D eigenvalue weighted by Crippen LogP contribution is 2.22. The number of benzene rings is 1. The van der Waals surface area contributed by atoms with E-state index in [2.05, 4.69) is 21.1 Å². The van der Waals surface area contributed by atoms with Gasteiger partial charge in [-0.15, -0.1) is 0 Å². The van der Waals surface area contributed by atoms with Gasteiger partial charge in [-0.05, 0) is 37.6 Å². The molecule has 26 heavy (non-hydrogen) atoms. The summed E-state index contributed by atoms with van der Waals surface area (Å²) >= 11 is 0. The van der Waals surface area contributed by atoms with Crippen LogP contribution < -0.4 is 10.0 Å². The third-order valence-corrected chi connectivity index (χ3v) is 4.46. The number of hydrogen-bond donors (Lipinski definition) is 2. The number of rotatable bonds is 6. The fourth-order valence-electron chi connectivity index (χ4n) is 2.46. The Kier molecular flexibility index (Phi) is 6.08. The lowest BCUT2D eigenvalue weighted by molar-refractivity contribution is 0.0954.